The highest BCUT2D eigenvalue weighted by atomic mass is 15.2. The molecule has 4 heteroatoms. The Hall–Kier alpha value is -3.27. The Kier molecular flexibility index (Phi) is 5.52. The van der Waals surface area contributed by atoms with E-state index in [0.29, 0.717) is 6.04 Å². The molecule has 29 heavy (non-hydrogen) atoms. The molecule has 0 atom stereocenters. The zero-order valence-corrected chi connectivity index (χ0v) is 16.8. The lowest BCUT2D eigenvalue weighted by atomic mass is 10.2. The average Bonchev–Trinajstić information content (AvgIpc) is 3.46. The van der Waals surface area contributed by atoms with Crippen molar-refractivity contribution < 1.29 is 0 Å². The molecule has 0 amide bonds. The van der Waals surface area contributed by atoms with Gasteiger partial charge in [-0.05, 0) is 36.1 Å². The maximum Gasteiger partial charge on any atom is 0.109 e. The third-order valence-corrected chi connectivity index (χ3v) is 5.31. The van der Waals surface area contributed by atoms with Crippen molar-refractivity contribution in [2.24, 2.45) is 0 Å². The second-order valence-corrected chi connectivity index (χ2v) is 7.67. The predicted octanol–water partition coefficient (Wildman–Crippen LogP) is 5.03. The first-order valence-electron chi connectivity index (χ1n) is 10.2. The molecule has 4 rings (SSSR count). The lowest BCUT2D eigenvalue weighted by Gasteiger charge is -2.28. The van der Waals surface area contributed by atoms with Crippen LogP contribution in [0.4, 0.5) is 0 Å². The van der Waals surface area contributed by atoms with E-state index in [-0.39, 0.29) is 0 Å². The van der Waals surface area contributed by atoms with Gasteiger partial charge in [0.25, 0.3) is 0 Å². The maximum atomic E-state index is 4.75. The third kappa shape index (κ3) is 4.77. The lowest BCUT2D eigenvalue weighted by Crippen LogP contribution is -2.30. The summed E-state index contributed by atoms with van der Waals surface area (Å²) in [7, 11) is 0. The predicted molar refractivity (Wildman–Crippen MR) is 121 cm³/mol. The number of nitrogens with zero attached hydrogens (tertiary/aromatic N) is 2. The quantitative estimate of drug-likeness (QED) is 0.482. The summed E-state index contributed by atoms with van der Waals surface area (Å²) in [6.07, 6.45) is 5.10. The minimum atomic E-state index is 0.562. The van der Waals surface area contributed by atoms with Crippen molar-refractivity contribution in [3.8, 4) is 0 Å². The second-order valence-electron chi connectivity index (χ2n) is 7.67. The molecule has 1 aliphatic rings. The van der Waals surface area contributed by atoms with Crippen molar-refractivity contribution >= 4 is 17.1 Å². The number of aromatic nitrogens is 2. The molecule has 1 aromatic heterocycles. The zero-order valence-electron chi connectivity index (χ0n) is 16.8. The summed E-state index contributed by atoms with van der Waals surface area (Å²) in [5.41, 5.74) is 6.25. The van der Waals surface area contributed by atoms with Crippen molar-refractivity contribution in [1.82, 2.24) is 20.2 Å². The van der Waals surface area contributed by atoms with E-state index in [2.05, 4.69) is 65.3 Å². The summed E-state index contributed by atoms with van der Waals surface area (Å²) < 4.78 is 0. The first-order valence-corrected chi connectivity index (χ1v) is 10.2. The first kappa shape index (κ1) is 19.1. The van der Waals surface area contributed by atoms with Crippen molar-refractivity contribution in [3.05, 3.63) is 96.6 Å². The number of benzene rings is 2. The Morgan fingerprint density at radius 1 is 1.17 bits per heavy atom. The van der Waals surface area contributed by atoms with Crippen LogP contribution in [0.2, 0.25) is 0 Å². The Bertz CT molecular complexity index is 1030. The highest BCUT2D eigenvalue weighted by molar-refractivity contribution is 5.78. The molecule has 0 saturated heterocycles. The van der Waals surface area contributed by atoms with Gasteiger partial charge in [0.15, 0.2) is 0 Å². The summed E-state index contributed by atoms with van der Waals surface area (Å²) >= 11 is 0. The number of nitrogens with one attached hydrogen (secondary N) is 2. The van der Waals surface area contributed by atoms with E-state index < -0.39 is 0 Å². The molecular weight excluding hydrogens is 356 g/mol. The minimum Gasteiger partial charge on any atom is -0.381 e. The topological polar surface area (TPSA) is 44.0 Å². The van der Waals surface area contributed by atoms with Crippen LogP contribution in [-0.2, 0) is 13.0 Å². The fourth-order valence-corrected chi connectivity index (χ4v) is 3.43. The molecule has 1 heterocycles. The number of H-pyrrole nitrogens is 1. The van der Waals surface area contributed by atoms with Crippen LogP contribution in [0.1, 0.15) is 29.8 Å². The highest BCUT2D eigenvalue weighted by Gasteiger charge is 2.23. The van der Waals surface area contributed by atoms with Crippen LogP contribution in [0.25, 0.3) is 17.1 Å². The van der Waals surface area contributed by atoms with Gasteiger partial charge >= 0.3 is 0 Å². The molecule has 1 fully saturated rings. The van der Waals surface area contributed by atoms with Crippen LogP contribution < -0.4 is 5.32 Å². The fraction of sp³-hybridized carbons (Fsp3) is 0.240. The monoisotopic (exact) mass is 384 g/mol. The van der Waals surface area contributed by atoms with Gasteiger partial charge in [-0.15, -0.1) is 0 Å². The number of hydrogen-bond acceptors (Lipinski definition) is 3. The summed E-state index contributed by atoms with van der Waals surface area (Å²) in [5, 5.41) is 3.48. The van der Waals surface area contributed by atoms with Gasteiger partial charge in [-0.3, -0.25) is 0 Å². The van der Waals surface area contributed by atoms with E-state index in [1.807, 2.05) is 24.3 Å². The fourth-order valence-electron chi connectivity index (χ4n) is 3.43. The Labute approximate surface area is 172 Å². The van der Waals surface area contributed by atoms with Crippen molar-refractivity contribution in [1.29, 1.82) is 0 Å². The Balaban J connectivity index is 1.48. The summed E-state index contributed by atoms with van der Waals surface area (Å²) in [6.45, 7) is 14.0. The van der Waals surface area contributed by atoms with E-state index >= 15 is 0 Å². The van der Waals surface area contributed by atoms with Gasteiger partial charge in [0.05, 0.1) is 22.4 Å². The smallest absolute Gasteiger partial charge is 0.109 e. The molecule has 3 aromatic rings. The number of hydrogen-bond donors (Lipinski definition) is 2. The van der Waals surface area contributed by atoms with Gasteiger partial charge in [0.1, 0.15) is 5.82 Å². The Morgan fingerprint density at radius 2 is 1.97 bits per heavy atom. The molecule has 2 N–H and O–H groups in total. The van der Waals surface area contributed by atoms with Gasteiger partial charge in [0.2, 0.25) is 0 Å². The highest BCUT2D eigenvalue weighted by Crippen LogP contribution is 2.23. The molecule has 1 aliphatic carbocycles. The van der Waals surface area contributed by atoms with Crippen LogP contribution in [0, 0.1) is 0 Å². The second kappa shape index (κ2) is 8.39. The third-order valence-electron chi connectivity index (χ3n) is 5.31. The van der Waals surface area contributed by atoms with Crippen LogP contribution in [0.5, 0.6) is 0 Å². The van der Waals surface area contributed by atoms with Crippen LogP contribution in [-0.4, -0.2) is 27.5 Å². The average molecular weight is 385 g/mol. The minimum absolute atomic E-state index is 0.562. The van der Waals surface area contributed by atoms with E-state index in [1.165, 1.54) is 18.4 Å². The number of imidazole rings is 1. The Morgan fingerprint density at radius 3 is 2.69 bits per heavy atom. The lowest BCUT2D eigenvalue weighted by molar-refractivity contribution is 0.342. The van der Waals surface area contributed by atoms with Gasteiger partial charge < -0.3 is 15.2 Å². The van der Waals surface area contributed by atoms with E-state index in [9.17, 15) is 0 Å². The van der Waals surface area contributed by atoms with Crippen molar-refractivity contribution in [3.63, 3.8) is 0 Å². The van der Waals surface area contributed by atoms with E-state index in [1.54, 1.807) is 0 Å². The molecule has 1 saturated carbocycles. The molecule has 0 aliphatic heterocycles. The summed E-state index contributed by atoms with van der Waals surface area (Å²) in [6, 6.07) is 17.2. The summed E-state index contributed by atoms with van der Waals surface area (Å²) in [4.78, 5) is 10.5. The zero-order chi connectivity index (χ0) is 20.2. The molecular formula is C25H28N4. The van der Waals surface area contributed by atoms with Gasteiger partial charge in [-0.2, -0.15) is 0 Å². The molecule has 0 radical (unpaired) electrons. The SMILES string of the molecule is C=Cc1ccc2nc(CCN(Cc3ccccc3)C(=C)C(=C)NC3CC3)[nH]c2c1. The molecule has 148 valence electrons. The number of aromatic amines is 1. The van der Waals surface area contributed by atoms with Crippen molar-refractivity contribution in [2.45, 2.75) is 31.8 Å². The van der Waals surface area contributed by atoms with Gasteiger partial charge in [-0.1, -0.05) is 62.2 Å². The number of rotatable bonds is 10. The van der Waals surface area contributed by atoms with Crippen LogP contribution in [0.3, 0.4) is 0 Å². The number of fused-ring (bicyclic) bond motifs is 1. The van der Waals surface area contributed by atoms with Gasteiger partial charge in [0, 0.05) is 25.6 Å². The first-order chi connectivity index (χ1) is 14.1. The standard InChI is InChI=1S/C25H28N4/c1-4-20-10-13-23-24(16-20)28-25(27-23)14-15-29(17-21-8-6-5-7-9-21)19(3)18(2)26-22-11-12-22/h4-10,13,16,22,26H,1-3,11-12,14-15,17H2,(H,27,28). The van der Waals surface area contributed by atoms with Crippen LogP contribution >= 0.6 is 0 Å². The van der Waals surface area contributed by atoms with Gasteiger partial charge in [-0.25, -0.2) is 4.98 Å². The van der Waals surface area contributed by atoms with Crippen LogP contribution in [0.15, 0.2) is 79.7 Å². The molecule has 0 spiro atoms. The van der Waals surface area contributed by atoms with Crippen molar-refractivity contribution in [2.75, 3.05) is 6.54 Å². The molecule has 2 aromatic carbocycles. The van der Waals surface area contributed by atoms with E-state index in [4.69, 9.17) is 4.98 Å². The molecule has 4 nitrogen and oxygen atoms in total. The maximum absolute atomic E-state index is 4.75. The summed E-state index contributed by atoms with van der Waals surface area (Å²) in [5.74, 6) is 0.979. The van der Waals surface area contributed by atoms with E-state index in [0.717, 1.165) is 53.3 Å². The molecule has 0 bridgehead atoms. The largest absolute Gasteiger partial charge is 0.381 e. The molecule has 0 unspecified atom stereocenters. The normalized spacial score (nSPS) is 13.2.